The predicted molar refractivity (Wildman–Crippen MR) is 64.4 cm³/mol. The highest BCUT2D eigenvalue weighted by molar-refractivity contribution is 6.31. The molecule has 18 heavy (non-hydrogen) atoms. The van der Waals surface area contributed by atoms with E-state index in [2.05, 4.69) is 0 Å². The molecule has 1 fully saturated rings. The molecule has 1 atom stereocenters. The predicted octanol–water partition coefficient (Wildman–Crippen LogP) is 1.41. The highest BCUT2D eigenvalue weighted by Gasteiger charge is 2.26. The average Bonchev–Trinajstić information content (AvgIpc) is 2.41. The first kappa shape index (κ1) is 12.7. The van der Waals surface area contributed by atoms with Crippen LogP contribution in [0.25, 0.3) is 0 Å². The first-order valence-electron chi connectivity index (χ1n) is 5.41. The molecule has 94 valence electrons. The minimum Gasteiger partial charge on any atom is -0.507 e. The number of phenols is 1. The van der Waals surface area contributed by atoms with Crippen molar-refractivity contribution in [2.45, 2.75) is 6.10 Å². The Morgan fingerprint density at radius 3 is 3.11 bits per heavy atom. The molecule has 1 aliphatic rings. The smallest absolute Gasteiger partial charge is 0.257 e. The molecule has 0 aliphatic carbocycles. The van der Waals surface area contributed by atoms with Crippen molar-refractivity contribution in [3.05, 3.63) is 28.8 Å². The molecule has 2 rings (SSSR count). The van der Waals surface area contributed by atoms with Gasteiger partial charge in [-0.1, -0.05) is 11.6 Å². The fourth-order valence-electron chi connectivity index (χ4n) is 1.76. The lowest BCUT2D eigenvalue weighted by atomic mass is 10.1. The van der Waals surface area contributed by atoms with E-state index in [4.69, 9.17) is 21.6 Å². The number of morpholine rings is 1. The summed E-state index contributed by atoms with van der Waals surface area (Å²) in [5.41, 5.74) is 0.140. The third-order valence-electron chi connectivity index (χ3n) is 2.69. The Morgan fingerprint density at radius 2 is 2.39 bits per heavy atom. The maximum atomic E-state index is 12.2. The van der Waals surface area contributed by atoms with Gasteiger partial charge in [-0.2, -0.15) is 5.26 Å². The third kappa shape index (κ3) is 2.55. The van der Waals surface area contributed by atoms with E-state index in [0.29, 0.717) is 18.2 Å². The largest absolute Gasteiger partial charge is 0.507 e. The number of benzene rings is 1. The van der Waals surface area contributed by atoms with Crippen molar-refractivity contribution in [3.63, 3.8) is 0 Å². The Balaban J connectivity index is 2.21. The number of carbonyl (C=O) groups is 1. The van der Waals surface area contributed by atoms with Gasteiger partial charge < -0.3 is 14.7 Å². The van der Waals surface area contributed by atoms with Crippen LogP contribution in [0.2, 0.25) is 5.02 Å². The van der Waals surface area contributed by atoms with Crippen molar-refractivity contribution in [1.29, 1.82) is 5.26 Å². The van der Waals surface area contributed by atoms with Crippen LogP contribution in [-0.4, -0.2) is 41.7 Å². The third-order valence-corrected chi connectivity index (χ3v) is 2.92. The van der Waals surface area contributed by atoms with Gasteiger partial charge in [-0.3, -0.25) is 4.79 Å². The summed E-state index contributed by atoms with van der Waals surface area (Å²) in [6, 6.07) is 6.25. The molecule has 1 aliphatic heterocycles. The number of carbonyl (C=O) groups excluding carboxylic acids is 1. The summed E-state index contributed by atoms with van der Waals surface area (Å²) in [7, 11) is 0. The standard InChI is InChI=1S/C12H11ClN2O3/c13-8-1-2-11(16)10(5-8)12(17)15-3-4-18-9(6-14)7-15/h1-2,5,9,16H,3-4,7H2. The second-order valence-corrected chi connectivity index (χ2v) is 4.34. The fourth-order valence-corrected chi connectivity index (χ4v) is 1.93. The number of rotatable bonds is 1. The van der Waals surface area contributed by atoms with Gasteiger partial charge in [0.05, 0.1) is 24.8 Å². The van der Waals surface area contributed by atoms with E-state index in [9.17, 15) is 9.90 Å². The number of hydrogen-bond donors (Lipinski definition) is 1. The van der Waals surface area contributed by atoms with Crippen molar-refractivity contribution in [2.24, 2.45) is 0 Å². The van der Waals surface area contributed by atoms with E-state index in [0.717, 1.165) is 0 Å². The second-order valence-electron chi connectivity index (χ2n) is 3.90. The second kappa shape index (κ2) is 5.25. The number of halogens is 1. The quantitative estimate of drug-likeness (QED) is 0.834. The lowest BCUT2D eigenvalue weighted by molar-refractivity contribution is 0.00334. The SMILES string of the molecule is N#CC1CN(C(=O)c2cc(Cl)ccc2O)CCO1. The summed E-state index contributed by atoms with van der Waals surface area (Å²) in [4.78, 5) is 13.7. The number of phenolic OH excluding ortho intramolecular Hbond substituents is 1. The summed E-state index contributed by atoms with van der Waals surface area (Å²) in [5.74, 6) is -0.469. The summed E-state index contributed by atoms with van der Waals surface area (Å²) in [6.07, 6.45) is -0.621. The van der Waals surface area contributed by atoms with Crippen LogP contribution in [0.5, 0.6) is 5.75 Å². The molecule has 0 radical (unpaired) electrons. The number of aromatic hydroxyl groups is 1. The lowest BCUT2D eigenvalue weighted by Crippen LogP contribution is -2.45. The van der Waals surface area contributed by atoms with Crippen LogP contribution in [0, 0.1) is 11.3 Å². The molecule has 1 N–H and O–H groups in total. The van der Waals surface area contributed by atoms with Gasteiger partial charge in [0.1, 0.15) is 5.75 Å². The Labute approximate surface area is 109 Å². The first-order chi connectivity index (χ1) is 8.61. The van der Waals surface area contributed by atoms with E-state index in [1.54, 1.807) is 0 Å². The highest BCUT2D eigenvalue weighted by atomic mass is 35.5. The number of nitriles is 1. The van der Waals surface area contributed by atoms with Gasteiger partial charge in [0.15, 0.2) is 6.10 Å². The molecule has 1 heterocycles. The van der Waals surface area contributed by atoms with Crippen molar-refractivity contribution in [2.75, 3.05) is 19.7 Å². The molecule has 0 aromatic heterocycles. The van der Waals surface area contributed by atoms with Crippen LogP contribution >= 0.6 is 11.6 Å². The van der Waals surface area contributed by atoms with Gasteiger partial charge >= 0.3 is 0 Å². The van der Waals surface area contributed by atoms with E-state index in [-0.39, 0.29) is 23.8 Å². The molecule has 6 heteroatoms. The minimum absolute atomic E-state index is 0.121. The number of amides is 1. The molecule has 0 saturated carbocycles. The van der Waals surface area contributed by atoms with Crippen molar-refractivity contribution in [3.8, 4) is 11.8 Å². The fraction of sp³-hybridized carbons (Fsp3) is 0.333. The summed E-state index contributed by atoms with van der Waals surface area (Å²) in [6.45, 7) is 0.898. The van der Waals surface area contributed by atoms with Gasteiger partial charge in [-0.25, -0.2) is 0 Å². The Kier molecular flexibility index (Phi) is 3.70. The first-order valence-corrected chi connectivity index (χ1v) is 5.78. The molecule has 1 amide bonds. The molecule has 0 spiro atoms. The lowest BCUT2D eigenvalue weighted by Gasteiger charge is -2.30. The average molecular weight is 267 g/mol. The van der Waals surface area contributed by atoms with Crippen molar-refractivity contribution >= 4 is 17.5 Å². The highest BCUT2D eigenvalue weighted by Crippen LogP contribution is 2.23. The van der Waals surface area contributed by atoms with Gasteiger partial charge in [0.2, 0.25) is 0 Å². The van der Waals surface area contributed by atoms with E-state index >= 15 is 0 Å². The van der Waals surface area contributed by atoms with Gasteiger partial charge in [0, 0.05) is 11.6 Å². The van der Waals surface area contributed by atoms with E-state index < -0.39 is 6.10 Å². The maximum absolute atomic E-state index is 12.2. The number of nitrogens with zero attached hydrogens (tertiary/aromatic N) is 2. The molecule has 1 aromatic carbocycles. The zero-order valence-electron chi connectivity index (χ0n) is 9.47. The summed E-state index contributed by atoms with van der Waals surface area (Å²) in [5, 5.41) is 18.8. The molecular formula is C12H11ClN2O3. The molecular weight excluding hydrogens is 256 g/mol. The van der Waals surface area contributed by atoms with Crippen LogP contribution in [0.3, 0.4) is 0 Å². The molecule has 1 aromatic rings. The van der Waals surface area contributed by atoms with E-state index in [1.165, 1.54) is 23.1 Å². The van der Waals surface area contributed by atoms with Gasteiger partial charge in [-0.05, 0) is 18.2 Å². The van der Waals surface area contributed by atoms with Crippen LogP contribution in [0.1, 0.15) is 10.4 Å². The minimum atomic E-state index is -0.621. The van der Waals surface area contributed by atoms with Crippen LogP contribution < -0.4 is 0 Å². The zero-order chi connectivity index (χ0) is 13.1. The molecule has 1 unspecified atom stereocenters. The Bertz CT molecular complexity index is 513. The Hall–Kier alpha value is -1.77. The van der Waals surface area contributed by atoms with Crippen molar-refractivity contribution in [1.82, 2.24) is 4.90 Å². The number of hydrogen-bond acceptors (Lipinski definition) is 4. The normalized spacial score (nSPS) is 19.3. The maximum Gasteiger partial charge on any atom is 0.257 e. The summed E-state index contributed by atoms with van der Waals surface area (Å²) < 4.78 is 5.15. The molecule has 1 saturated heterocycles. The van der Waals surface area contributed by atoms with Gasteiger partial charge in [-0.15, -0.1) is 0 Å². The van der Waals surface area contributed by atoms with Crippen LogP contribution in [0.15, 0.2) is 18.2 Å². The molecule has 0 bridgehead atoms. The van der Waals surface area contributed by atoms with Crippen molar-refractivity contribution < 1.29 is 14.6 Å². The number of ether oxygens (including phenoxy) is 1. The van der Waals surface area contributed by atoms with Crippen LogP contribution in [0.4, 0.5) is 0 Å². The Morgan fingerprint density at radius 1 is 1.61 bits per heavy atom. The van der Waals surface area contributed by atoms with Crippen LogP contribution in [-0.2, 0) is 4.74 Å². The van der Waals surface area contributed by atoms with E-state index in [1.807, 2.05) is 6.07 Å². The zero-order valence-corrected chi connectivity index (χ0v) is 10.2. The molecule has 5 nitrogen and oxygen atoms in total. The summed E-state index contributed by atoms with van der Waals surface area (Å²) >= 11 is 5.80. The topological polar surface area (TPSA) is 73.6 Å². The monoisotopic (exact) mass is 266 g/mol. The van der Waals surface area contributed by atoms with Gasteiger partial charge in [0.25, 0.3) is 5.91 Å².